The molecule has 140 valence electrons. The molecule has 0 unspecified atom stereocenters. The van der Waals surface area contributed by atoms with Crippen molar-refractivity contribution in [3.63, 3.8) is 0 Å². The first-order chi connectivity index (χ1) is 13.3. The van der Waals surface area contributed by atoms with E-state index in [-0.39, 0.29) is 6.10 Å². The van der Waals surface area contributed by atoms with Crippen molar-refractivity contribution in [1.29, 1.82) is 0 Å². The minimum atomic E-state index is -0.329. The van der Waals surface area contributed by atoms with Crippen LogP contribution >= 0.6 is 0 Å². The third kappa shape index (κ3) is 3.68. The van der Waals surface area contributed by atoms with Crippen LogP contribution in [0, 0.1) is 0 Å². The van der Waals surface area contributed by atoms with E-state index >= 15 is 0 Å². The Kier molecular flexibility index (Phi) is 4.84. The molecule has 1 fully saturated rings. The zero-order chi connectivity index (χ0) is 18.6. The number of aromatic nitrogens is 4. The largest absolute Gasteiger partial charge is 0.497 e. The van der Waals surface area contributed by atoms with Gasteiger partial charge in [0.1, 0.15) is 11.9 Å². The lowest BCUT2D eigenvalue weighted by atomic mass is 10.2. The average Bonchev–Trinajstić information content (AvgIpc) is 3.24. The fourth-order valence-electron chi connectivity index (χ4n) is 2.80. The van der Waals surface area contributed by atoms with Crippen LogP contribution in [0.15, 0.2) is 41.1 Å². The first-order valence-electron chi connectivity index (χ1n) is 8.48. The molecule has 2 aromatic heterocycles. The van der Waals surface area contributed by atoms with Gasteiger partial charge in [-0.2, -0.15) is 9.97 Å². The highest BCUT2D eigenvalue weighted by Crippen LogP contribution is 2.26. The van der Waals surface area contributed by atoms with E-state index in [0.29, 0.717) is 43.2 Å². The summed E-state index contributed by atoms with van der Waals surface area (Å²) in [5, 5.41) is 4.09. The SMILES string of the molecule is COc1ccc(-c2nc([C@H]3CN(c4nccc(OC)n4)CCO3)no2)cc1. The molecule has 0 saturated carbocycles. The third-order valence-electron chi connectivity index (χ3n) is 4.24. The first kappa shape index (κ1) is 17.2. The third-order valence-corrected chi connectivity index (χ3v) is 4.24. The minimum absolute atomic E-state index is 0.329. The molecule has 0 amide bonds. The fraction of sp³-hybridized carbons (Fsp3) is 0.333. The van der Waals surface area contributed by atoms with Crippen molar-refractivity contribution < 1.29 is 18.7 Å². The molecular weight excluding hydrogens is 350 g/mol. The summed E-state index contributed by atoms with van der Waals surface area (Å²) in [7, 11) is 3.20. The molecular formula is C18H19N5O4. The molecule has 4 rings (SSSR count). The van der Waals surface area contributed by atoms with E-state index in [0.717, 1.165) is 11.3 Å². The summed E-state index contributed by atoms with van der Waals surface area (Å²) in [6.07, 6.45) is 1.34. The van der Waals surface area contributed by atoms with Gasteiger partial charge in [-0.15, -0.1) is 0 Å². The molecule has 1 aliphatic heterocycles. The van der Waals surface area contributed by atoms with Gasteiger partial charge in [0, 0.05) is 24.4 Å². The molecule has 9 heteroatoms. The van der Waals surface area contributed by atoms with Crippen molar-refractivity contribution in [2.45, 2.75) is 6.10 Å². The standard InChI is InChI=1S/C18H19N5O4/c1-24-13-5-3-12(4-6-13)17-21-16(22-27-17)14-11-23(9-10-26-14)18-19-8-7-15(20-18)25-2/h3-8,14H,9-11H2,1-2H3/t14-/m1/s1. The number of benzene rings is 1. The molecule has 3 heterocycles. The summed E-state index contributed by atoms with van der Waals surface area (Å²) in [5.41, 5.74) is 0.818. The molecule has 0 bridgehead atoms. The van der Waals surface area contributed by atoms with Crippen molar-refractivity contribution in [3.05, 3.63) is 42.4 Å². The van der Waals surface area contributed by atoms with Crippen LogP contribution in [0.1, 0.15) is 11.9 Å². The summed E-state index contributed by atoms with van der Waals surface area (Å²) in [6.45, 7) is 1.71. The van der Waals surface area contributed by atoms with Gasteiger partial charge in [0.15, 0.2) is 0 Å². The molecule has 27 heavy (non-hydrogen) atoms. The van der Waals surface area contributed by atoms with Gasteiger partial charge in [-0.3, -0.25) is 0 Å². The Balaban J connectivity index is 1.50. The molecule has 1 atom stereocenters. The van der Waals surface area contributed by atoms with Crippen molar-refractivity contribution >= 4 is 5.95 Å². The van der Waals surface area contributed by atoms with Gasteiger partial charge in [-0.05, 0) is 24.3 Å². The average molecular weight is 369 g/mol. The fourth-order valence-corrected chi connectivity index (χ4v) is 2.80. The number of anilines is 1. The molecule has 0 radical (unpaired) electrons. The molecule has 1 aliphatic rings. The van der Waals surface area contributed by atoms with E-state index in [1.807, 2.05) is 29.2 Å². The predicted molar refractivity (Wildman–Crippen MR) is 95.8 cm³/mol. The number of rotatable bonds is 5. The zero-order valence-electron chi connectivity index (χ0n) is 15.0. The summed E-state index contributed by atoms with van der Waals surface area (Å²) < 4.78 is 21.6. The Hall–Kier alpha value is -3.20. The van der Waals surface area contributed by atoms with Crippen LogP contribution in [-0.2, 0) is 4.74 Å². The number of morpholine rings is 1. The van der Waals surface area contributed by atoms with Crippen molar-refractivity contribution in [2.24, 2.45) is 0 Å². The van der Waals surface area contributed by atoms with E-state index in [1.165, 1.54) is 0 Å². The van der Waals surface area contributed by atoms with E-state index in [1.54, 1.807) is 26.5 Å². The molecule has 1 aromatic carbocycles. The Bertz CT molecular complexity index is 899. The molecule has 0 aliphatic carbocycles. The number of hydrogen-bond acceptors (Lipinski definition) is 9. The second-order valence-electron chi connectivity index (χ2n) is 5.89. The van der Waals surface area contributed by atoms with Crippen molar-refractivity contribution in [1.82, 2.24) is 20.1 Å². The maximum atomic E-state index is 5.82. The van der Waals surface area contributed by atoms with Gasteiger partial charge in [-0.25, -0.2) is 4.98 Å². The summed E-state index contributed by atoms with van der Waals surface area (Å²) in [5.74, 6) is 2.80. The molecule has 0 N–H and O–H groups in total. The maximum Gasteiger partial charge on any atom is 0.258 e. The van der Waals surface area contributed by atoms with E-state index < -0.39 is 0 Å². The highest BCUT2D eigenvalue weighted by atomic mass is 16.5. The summed E-state index contributed by atoms with van der Waals surface area (Å²) in [4.78, 5) is 15.2. The minimum Gasteiger partial charge on any atom is -0.497 e. The lowest BCUT2D eigenvalue weighted by Gasteiger charge is -2.31. The second kappa shape index (κ2) is 7.58. The molecule has 0 spiro atoms. The number of hydrogen-bond donors (Lipinski definition) is 0. The molecule has 3 aromatic rings. The zero-order valence-corrected chi connectivity index (χ0v) is 15.0. The van der Waals surface area contributed by atoms with Crippen LogP contribution in [-0.4, -0.2) is 54.0 Å². The van der Waals surface area contributed by atoms with E-state index in [2.05, 4.69) is 20.1 Å². The van der Waals surface area contributed by atoms with Crippen LogP contribution in [0.2, 0.25) is 0 Å². The lowest BCUT2D eigenvalue weighted by Crippen LogP contribution is -2.39. The number of methoxy groups -OCH3 is 2. The highest BCUT2D eigenvalue weighted by molar-refractivity contribution is 5.54. The van der Waals surface area contributed by atoms with E-state index in [9.17, 15) is 0 Å². The predicted octanol–water partition coefficient (Wildman–Crippen LogP) is 2.12. The van der Waals surface area contributed by atoms with Crippen LogP contribution in [0.25, 0.3) is 11.5 Å². The second-order valence-corrected chi connectivity index (χ2v) is 5.89. The normalized spacial score (nSPS) is 17.0. The van der Waals surface area contributed by atoms with Crippen LogP contribution < -0.4 is 14.4 Å². The van der Waals surface area contributed by atoms with Gasteiger partial charge in [0.2, 0.25) is 17.7 Å². The Morgan fingerprint density at radius 3 is 2.70 bits per heavy atom. The lowest BCUT2D eigenvalue weighted by molar-refractivity contribution is 0.0320. The van der Waals surface area contributed by atoms with Crippen LogP contribution in [0.5, 0.6) is 11.6 Å². The summed E-state index contributed by atoms with van der Waals surface area (Å²) >= 11 is 0. The molecule has 1 saturated heterocycles. The van der Waals surface area contributed by atoms with Gasteiger partial charge >= 0.3 is 0 Å². The Morgan fingerprint density at radius 1 is 1.07 bits per heavy atom. The van der Waals surface area contributed by atoms with Crippen LogP contribution in [0.3, 0.4) is 0 Å². The molecule has 9 nitrogen and oxygen atoms in total. The highest BCUT2D eigenvalue weighted by Gasteiger charge is 2.28. The Labute approximate surface area is 155 Å². The van der Waals surface area contributed by atoms with Gasteiger partial charge in [-0.1, -0.05) is 5.16 Å². The van der Waals surface area contributed by atoms with Crippen LogP contribution in [0.4, 0.5) is 5.95 Å². The smallest absolute Gasteiger partial charge is 0.258 e. The maximum absolute atomic E-state index is 5.82. The Morgan fingerprint density at radius 2 is 1.93 bits per heavy atom. The van der Waals surface area contributed by atoms with Crippen molar-refractivity contribution in [3.8, 4) is 23.1 Å². The number of ether oxygens (including phenoxy) is 3. The first-order valence-corrected chi connectivity index (χ1v) is 8.48. The topological polar surface area (TPSA) is 95.6 Å². The van der Waals surface area contributed by atoms with Gasteiger partial charge in [0.05, 0.1) is 27.4 Å². The monoisotopic (exact) mass is 369 g/mol. The van der Waals surface area contributed by atoms with E-state index in [4.69, 9.17) is 18.7 Å². The van der Waals surface area contributed by atoms with Gasteiger partial charge in [0.25, 0.3) is 5.89 Å². The van der Waals surface area contributed by atoms with Crippen molar-refractivity contribution in [2.75, 3.05) is 38.8 Å². The quantitative estimate of drug-likeness (QED) is 0.670. The van der Waals surface area contributed by atoms with Gasteiger partial charge < -0.3 is 23.6 Å². The number of nitrogens with zero attached hydrogens (tertiary/aromatic N) is 5. The summed E-state index contributed by atoms with van der Waals surface area (Å²) in [6, 6.07) is 9.14.